The van der Waals surface area contributed by atoms with Gasteiger partial charge in [0.2, 0.25) is 0 Å². The molecule has 0 saturated carbocycles. The van der Waals surface area contributed by atoms with E-state index in [-0.39, 0.29) is 0 Å². The predicted molar refractivity (Wildman–Crippen MR) is 76.6 cm³/mol. The number of hydrogen-bond donors (Lipinski definition) is 1. The van der Waals surface area contributed by atoms with Gasteiger partial charge >= 0.3 is 0 Å². The summed E-state index contributed by atoms with van der Waals surface area (Å²) in [5.74, 6) is 0.955. The lowest BCUT2D eigenvalue weighted by Crippen LogP contribution is -2.46. The smallest absolute Gasteiger partial charge is 0.0378 e. The number of hydrogen-bond acceptors (Lipinski definition) is 3. The summed E-state index contributed by atoms with van der Waals surface area (Å²) in [5.41, 5.74) is 1.32. The fourth-order valence-electron chi connectivity index (χ4n) is 2.04. The molecule has 0 radical (unpaired) electrons. The molecule has 2 nitrogen and oxygen atoms in total. The molecule has 0 spiro atoms. The van der Waals surface area contributed by atoms with Gasteiger partial charge in [-0.2, -0.15) is 12.6 Å². The van der Waals surface area contributed by atoms with E-state index in [4.69, 9.17) is 0 Å². The quantitative estimate of drug-likeness (QED) is 0.857. The number of anilines is 1. The molecule has 0 bridgehead atoms. The van der Waals surface area contributed by atoms with Crippen molar-refractivity contribution in [3.63, 3.8) is 0 Å². The first-order chi connectivity index (χ1) is 7.79. The van der Waals surface area contributed by atoms with E-state index in [0.29, 0.717) is 0 Å². The average molecular weight is 301 g/mol. The van der Waals surface area contributed by atoms with Crippen LogP contribution in [0.5, 0.6) is 0 Å². The molecular weight excluding hydrogens is 284 g/mol. The van der Waals surface area contributed by atoms with Gasteiger partial charge in [-0.25, -0.2) is 0 Å². The van der Waals surface area contributed by atoms with Crippen LogP contribution in [-0.2, 0) is 0 Å². The van der Waals surface area contributed by atoms with Gasteiger partial charge < -0.3 is 4.90 Å². The summed E-state index contributed by atoms with van der Waals surface area (Å²) in [4.78, 5) is 4.92. The van der Waals surface area contributed by atoms with Crippen molar-refractivity contribution in [2.45, 2.75) is 0 Å². The second-order valence-electron chi connectivity index (χ2n) is 4.03. The zero-order valence-corrected chi connectivity index (χ0v) is 11.8. The molecule has 1 fully saturated rings. The topological polar surface area (TPSA) is 6.48 Å². The van der Waals surface area contributed by atoms with E-state index < -0.39 is 0 Å². The van der Waals surface area contributed by atoms with Crippen molar-refractivity contribution < 1.29 is 0 Å². The number of benzene rings is 1. The normalized spacial score (nSPS) is 17.8. The SMILES string of the molecule is SCCN1CCN(c2cccc(Br)c2)CC1. The van der Waals surface area contributed by atoms with E-state index in [0.717, 1.165) is 42.9 Å². The van der Waals surface area contributed by atoms with Crippen LogP contribution in [0.15, 0.2) is 28.7 Å². The van der Waals surface area contributed by atoms with E-state index in [9.17, 15) is 0 Å². The van der Waals surface area contributed by atoms with Crippen molar-refractivity contribution >= 4 is 34.2 Å². The summed E-state index contributed by atoms with van der Waals surface area (Å²) < 4.78 is 1.16. The first kappa shape index (κ1) is 12.3. The molecule has 88 valence electrons. The summed E-state index contributed by atoms with van der Waals surface area (Å²) in [6.45, 7) is 5.63. The van der Waals surface area contributed by atoms with Crippen molar-refractivity contribution in [1.29, 1.82) is 0 Å². The summed E-state index contributed by atoms with van der Waals surface area (Å²) in [7, 11) is 0. The highest BCUT2D eigenvalue weighted by atomic mass is 79.9. The summed E-state index contributed by atoms with van der Waals surface area (Å²) >= 11 is 7.79. The van der Waals surface area contributed by atoms with Crippen LogP contribution < -0.4 is 4.90 Å². The van der Waals surface area contributed by atoms with Crippen LogP contribution in [0.25, 0.3) is 0 Å². The molecule has 0 unspecified atom stereocenters. The van der Waals surface area contributed by atoms with Gasteiger partial charge in [0, 0.05) is 48.6 Å². The molecule has 4 heteroatoms. The van der Waals surface area contributed by atoms with Crippen LogP contribution in [0, 0.1) is 0 Å². The molecule has 0 amide bonds. The fraction of sp³-hybridized carbons (Fsp3) is 0.500. The highest BCUT2D eigenvalue weighted by molar-refractivity contribution is 9.10. The molecule has 1 heterocycles. The molecule has 1 aliphatic rings. The van der Waals surface area contributed by atoms with Crippen LogP contribution in [0.2, 0.25) is 0 Å². The Kier molecular flexibility index (Phi) is 4.55. The third-order valence-corrected chi connectivity index (χ3v) is 3.66. The van der Waals surface area contributed by atoms with Crippen molar-refractivity contribution in [2.24, 2.45) is 0 Å². The maximum Gasteiger partial charge on any atom is 0.0378 e. The van der Waals surface area contributed by atoms with Gasteiger partial charge in [0.15, 0.2) is 0 Å². The van der Waals surface area contributed by atoms with Crippen LogP contribution in [0.3, 0.4) is 0 Å². The second kappa shape index (κ2) is 5.94. The van der Waals surface area contributed by atoms with Crippen LogP contribution in [0.4, 0.5) is 5.69 Å². The van der Waals surface area contributed by atoms with Crippen LogP contribution in [-0.4, -0.2) is 43.4 Å². The lowest BCUT2D eigenvalue weighted by Gasteiger charge is -2.35. The fourth-order valence-corrected chi connectivity index (χ4v) is 2.71. The minimum Gasteiger partial charge on any atom is -0.369 e. The van der Waals surface area contributed by atoms with Gasteiger partial charge in [-0.15, -0.1) is 0 Å². The molecule has 16 heavy (non-hydrogen) atoms. The van der Waals surface area contributed by atoms with Crippen molar-refractivity contribution in [3.8, 4) is 0 Å². The zero-order valence-electron chi connectivity index (χ0n) is 9.27. The molecule has 1 saturated heterocycles. The molecular formula is C12H17BrN2S. The molecule has 0 aromatic heterocycles. The largest absolute Gasteiger partial charge is 0.369 e. The van der Waals surface area contributed by atoms with E-state index in [1.165, 1.54) is 5.69 Å². The number of nitrogens with zero attached hydrogens (tertiary/aromatic N) is 2. The predicted octanol–water partition coefficient (Wildman–Crippen LogP) is 2.50. The Morgan fingerprint density at radius 2 is 1.94 bits per heavy atom. The van der Waals surface area contributed by atoms with Gasteiger partial charge in [-0.05, 0) is 18.2 Å². The number of halogens is 1. The number of rotatable bonds is 3. The molecule has 1 aliphatic heterocycles. The van der Waals surface area contributed by atoms with Crippen LogP contribution in [0.1, 0.15) is 0 Å². The molecule has 2 rings (SSSR count). The Labute approximate surface area is 111 Å². The van der Waals surface area contributed by atoms with E-state index in [1.807, 2.05) is 0 Å². The van der Waals surface area contributed by atoms with Crippen molar-refractivity contribution in [1.82, 2.24) is 4.90 Å². The first-order valence-electron chi connectivity index (χ1n) is 5.63. The first-order valence-corrected chi connectivity index (χ1v) is 7.06. The Hall–Kier alpha value is -0.190. The minimum atomic E-state index is 0.955. The van der Waals surface area contributed by atoms with Gasteiger partial charge in [0.25, 0.3) is 0 Å². The van der Waals surface area contributed by atoms with Gasteiger partial charge in [-0.1, -0.05) is 22.0 Å². The molecule has 1 aromatic rings. The Morgan fingerprint density at radius 1 is 1.19 bits per heavy atom. The monoisotopic (exact) mass is 300 g/mol. The highest BCUT2D eigenvalue weighted by Gasteiger charge is 2.16. The summed E-state index contributed by atoms with van der Waals surface area (Å²) in [5, 5.41) is 0. The maximum atomic E-state index is 4.28. The summed E-state index contributed by atoms with van der Waals surface area (Å²) in [6, 6.07) is 8.54. The number of thiol groups is 1. The van der Waals surface area contributed by atoms with E-state index in [1.54, 1.807) is 0 Å². The Balaban J connectivity index is 1.94. The second-order valence-corrected chi connectivity index (χ2v) is 5.40. The van der Waals surface area contributed by atoms with Crippen molar-refractivity contribution in [2.75, 3.05) is 43.4 Å². The highest BCUT2D eigenvalue weighted by Crippen LogP contribution is 2.20. The average Bonchev–Trinajstić information content (AvgIpc) is 2.30. The molecule has 0 atom stereocenters. The number of piperazine rings is 1. The third-order valence-electron chi connectivity index (χ3n) is 2.96. The van der Waals surface area contributed by atoms with Crippen molar-refractivity contribution in [3.05, 3.63) is 28.7 Å². The third kappa shape index (κ3) is 3.15. The molecule has 0 N–H and O–H groups in total. The lowest BCUT2D eigenvalue weighted by molar-refractivity contribution is 0.273. The van der Waals surface area contributed by atoms with Gasteiger partial charge in [-0.3, -0.25) is 4.90 Å². The minimum absolute atomic E-state index is 0.955. The van der Waals surface area contributed by atoms with Gasteiger partial charge in [0.1, 0.15) is 0 Å². The Morgan fingerprint density at radius 3 is 2.56 bits per heavy atom. The summed E-state index contributed by atoms with van der Waals surface area (Å²) in [6.07, 6.45) is 0. The van der Waals surface area contributed by atoms with E-state index in [2.05, 4.69) is 62.6 Å². The van der Waals surface area contributed by atoms with Gasteiger partial charge in [0.05, 0.1) is 0 Å². The molecule has 1 aromatic carbocycles. The lowest BCUT2D eigenvalue weighted by atomic mass is 10.2. The van der Waals surface area contributed by atoms with Crippen LogP contribution >= 0.6 is 28.6 Å². The van der Waals surface area contributed by atoms with E-state index >= 15 is 0 Å². The standard InChI is InChI=1S/C12H17BrN2S/c13-11-2-1-3-12(10-11)15-6-4-14(5-7-15)8-9-16/h1-3,10,16H,4-9H2. The maximum absolute atomic E-state index is 4.28. The molecule has 0 aliphatic carbocycles. The Bertz CT molecular complexity index is 338. The zero-order chi connectivity index (χ0) is 11.4.